The fourth-order valence-corrected chi connectivity index (χ4v) is 3.89. The Morgan fingerprint density at radius 3 is 2.59 bits per heavy atom. The second-order valence-electron chi connectivity index (χ2n) is 5.99. The third-order valence-electron chi connectivity index (χ3n) is 4.49. The van der Waals surface area contributed by atoms with E-state index in [9.17, 15) is 9.90 Å². The number of fused-ring (bicyclic) bond motifs is 2. The van der Waals surface area contributed by atoms with E-state index in [1.807, 2.05) is 4.90 Å². The predicted octanol–water partition coefficient (Wildman–Crippen LogP) is -1.03. The molecule has 0 aromatic carbocycles. The molecule has 0 aliphatic carbocycles. The third-order valence-corrected chi connectivity index (χ3v) is 4.49. The van der Waals surface area contributed by atoms with Gasteiger partial charge in [-0.2, -0.15) is 0 Å². The Kier molecular flexibility index (Phi) is 2.47. The largest absolute Gasteiger partial charge is 0.392 e. The van der Waals surface area contributed by atoms with Crippen LogP contribution in [0.3, 0.4) is 0 Å². The van der Waals surface area contributed by atoms with Crippen molar-refractivity contribution in [3.05, 3.63) is 0 Å². The molecular weight excluding hydrogens is 218 g/mol. The third kappa shape index (κ3) is 1.68. The summed E-state index contributed by atoms with van der Waals surface area (Å²) in [4.78, 5) is 18.3. The van der Waals surface area contributed by atoms with E-state index in [2.05, 4.69) is 16.8 Å². The van der Waals surface area contributed by atoms with Crippen molar-refractivity contribution in [3.63, 3.8) is 0 Å². The van der Waals surface area contributed by atoms with Crippen LogP contribution in [0, 0.1) is 0 Å². The average molecular weight is 239 g/mol. The Labute approximate surface area is 102 Å². The SMILES string of the molecule is CC(=O)N1C[C@H]2C[C@@H](O)CN2C2(CN(C)C2)C1. The maximum absolute atomic E-state index is 11.6. The normalized spacial score (nSPS) is 37.0. The molecule has 5 heteroatoms. The van der Waals surface area contributed by atoms with Crippen molar-refractivity contribution in [3.8, 4) is 0 Å². The molecule has 96 valence electrons. The smallest absolute Gasteiger partial charge is 0.219 e. The summed E-state index contributed by atoms with van der Waals surface area (Å²) in [6.45, 7) is 6.08. The van der Waals surface area contributed by atoms with Gasteiger partial charge in [0.25, 0.3) is 0 Å². The molecule has 3 saturated heterocycles. The lowest BCUT2D eigenvalue weighted by Gasteiger charge is -2.60. The fraction of sp³-hybridized carbons (Fsp3) is 0.917. The molecule has 5 nitrogen and oxygen atoms in total. The average Bonchev–Trinajstić information content (AvgIpc) is 2.56. The van der Waals surface area contributed by atoms with Crippen LogP contribution in [0.5, 0.6) is 0 Å². The molecule has 17 heavy (non-hydrogen) atoms. The molecule has 3 aliphatic rings. The van der Waals surface area contributed by atoms with Crippen LogP contribution in [-0.2, 0) is 4.79 Å². The van der Waals surface area contributed by atoms with Gasteiger partial charge < -0.3 is 14.9 Å². The van der Waals surface area contributed by atoms with Gasteiger partial charge in [-0.15, -0.1) is 0 Å². The molecular formula is C12H21N3O2. The number of hydrogen-bond acceptors (Lipinski definition) is 4. The number of hydrogen-bond donors (Lipinski definition) is 1. The minimum absolute atomic E-state index is 0.112. The number of likely N-dealkylation sites (tertiary alicyclic amines) is 1. The molecule has 1 spiro atoms. The molecule has 3 heterocycles. The van der Waals surface area contributed by atoms with Crippen LogP contribution in [0.25, 0.3) is 0 Å². The molecule has 0 radical (unpaired) electrons. The molecule has 0 bridgehead atoms. The van der Waals surface area contributed by atoms with Crippen LogP contribution in [0.1, 0.15) is 13.3 Å². The Balaban J connectivity index is 1.83. The summed E-state index contributed by atoms with van der Waals surface area (Å²) in [6.07, 6.45) is 0.601. The van der Waals surface area contributed by atoms with E-state index < -0.39 is 0 Å². The van der Waals surface area contributed by atoms with Gasteiger partial charge in [-0.25, -0.2) is 0 Å². The fourth-order valence-electron chi connectivity index (χ4n) is 3.89. The predicted molar refractivity (Wildman–Crippen MR) is 63.6 cm³/mol. The number of piperazine rings is 1. The number of aliphatic hydroxyl groups excluding tert-OH is 1. The zero-order chi connectivity index (χ0) is 12.2. The minimum atomic E-state index is -0.213. The van der Waals surface area contributed by atoms with Crippen molar-refractivity contribution in [1.29, 1.82) is 0 Å². The number of nitrogens with zero attached hydrogens (tertiary/aromatic N) is 3. The highest BCUT2D eigenvalue weighted by Gasteiger charge is 2.55. The zero-order valence-corrected chi connectivity index (χ0v) is 10.6. The van der Waals surface area contributed by atoms with Crippen molar-refractivity contribution in [2.45, 2.75) is 31.0 Å². The number of rotatable bonds is 0. The van der Waals surface area contributed by atoms with Crippen molar-refractivity contribution < 1.29 is 9.90 Å². The molecule has 3 aliphatic heterocycles. The van der Waals surface area contributed by atoms with Gasteiger partial charge in [-0.05, 0) is 13.5 Å². The molecule has 3 fully saturated rings. The lowest BCUT2D eigenvalue weighted by atomic mass is 9.84. The van der Waals surface area contributed by atoms with Crippen molar-refractivity contribution >= 4 is 5.91 Å². The van der Waals surface area contributed by atoms with E-state index in [0.717, 1.165) is 39.1 Å². The van der Waals surface area contributed by atoms with E-state index in [1.54, 1.807) is 6.92 Å². The van der Waals surface area contributed by atoms with Crippen LogP contribution in [0.4, 0.5) is 0 Å². The molecule has 0 aromatic rings. The Hall–Kier alpha value is -0.650. The molecule has 2 atom stereocenters. The monoisotopic (exact) mass is 239 g/mol. The van der Waals surface area contributed by atoms with E-state index in [4.69, 9.17) is 0 Å². The number of amides is 1. The van der Waals surface area contributed by atoms with Gasteiger partial charge in [0.15, 0.2) is 0 Å². The number of likely N-dealkylation sites (N-methyl/N-ethyl adjacent to an activating group) is 1. The first-order valence-corrected chi connectivity index (χ1v) is 6.39. The van der Waals surface area contributed by atoms with E-state index in [0.29, 0.717) is 6.04 Å². The molecule has 1 amide bonds. The second kappa shape index (κ2) is 3.67. The van der Waals surface area contributed by atoms with Gasteiger partial charge in [0.1, 0.15) is 0 Å². The van der Waals surface area contributed by atoms with Crippen LogP contribution in [-0.4, -0.2) is 83.2 Å². The minimum Gasteiger partial charge on any atom is -0.392 e. The Morgan fingerprint density at radius 2 is 2.00 bits per heavy atom. The number of β-amino-alcohol motifs (C(OH)–C–C–N with tert-alkyl or cyclic N) is 1. The van der Waals surface area contributed by atoms with Crippen molar-refractivity contribution in [1.82, 2.24) is 14.7 Å². The summed E-state index contributed by atoms with van der Waals surface area (Å²) in [5, 5.41) is 9.84. The lowest BCUT2D eigenvalue weighted by Crippen LogP contribution is -2.77. The standard InChI is InChI=1S/C12H21N3O2/c1-9(16)14-4-10-3-11(17)5-15(10)12(8-14)6-13(2)7-12/h10-11,17H,3-8H2,1-2H3/t10-,11-/m1/s1. The summed E-state index contributed by atoms with van der Waals surface area (Å²) in [6, 6.07) is 0.358. The van der Waals surface area contributed by atoms with Gasteiger partial charge in [0.2, 0.25) is 5.91 Å². The highest BCUT2D eigenvalue weighted by molar-refractivity contribution is 5.73. The van der Waals surface area contributed by atoms with Gasteiger partial charge in [-0.1, -0.05) is 0 Å². The quantitative estimate of drug-likeness (QED) is 0.587. The zero-order valence-electron chi connectivity index (χ0n) is 10.6. The van der Waals surface area contributed by atoms with E-state index in [1.165, 1.54) is 0 Å². The summed E-state index contributed by atoms with van der Waals surface area (Å²) >= 11 is 0. The van der Waals surface area contributed by atoms with Crippen LogP contribution < -0.4 is 0 Å². The highest BCUT2D eigenvalue weighted by Crippen LogP contribution is 2.38. The number of carbonyl (C=O) groups is 1. The summed E-state index contributed by atoms with van der Waals surface area (Å²) < 4.78 is 0. The first-order chi connectivity index (χ1) is 8.00. The van der Waals surface area contributed by atoms with Gasteiger partial charge in [0.05, 0.1) is 11.6 Å². The lowest BCUT2D eigenvalue weighted by molar-refractivity contribution is -0.146. The topological polar surface area (TPSA) is 47.0 Å². The maximum atomic E-state index is 11.6. The molecule has 3 rings (SSSR count). The first kappa shape index (κ1) is 11.4. The molecule has 1 N–H and O–H groups in total. The Bertz CT molecular complexity index is 341. The molecule has 0 aromatic heterocycles. The summed E-state index contributed by atoms with van der Waals surface area (Å²) in [5.74, 6) is 0.167. The van der Waals surface area contributed by atoms with Crippen LogP contribution in [0.2, 0.25) is 0 Å². The highest BCUT2D eigenvalue weighted by atomic mass is 16.3. The molecule has 0 saturated carbocycles. The van der Waals surface area contributed by atoms with Gasteiger partial charge in [-0.3, -0.25) is 9.69 Å². The Morgan fingerprint density at radius 1 is 1.29 bits per heavy atom. The maximum Gasteiger partial charge on any atom is 0.219 e. The first-order valence-electron chi connectivity index (χ1n) is 6.39. The summed E-state index contributed by atoms with van der Waals surface area (Å²) in [5.41, 5.74) is 0.112. The van der Waals surface area contributed by atoms with Gasteiger partial charge in [0, 0.05) is 45.7 Å². The summed E-state index contributed by atoms with van der Waals surface area (Å²) in [7, 11) is 2.11. The number of aliphatic hydroxyl groups is 1. The van der Waals surface area contributed by atoms with Crippen molar-refractivity contribution in [2.24, 2.45) is 0 Å². The van der Waals surface area contributed by atoms with Gasteiger partial charge >= 0.3 is 0 Å². The van der Waals surface area contributed by atoms with Crippen LogP contribution >= 0.6 is 0 Å². The van der Waals surface area contributed by atoms with Crippen molar-refractivity contribution in [2.75, 3.05) is 39.8 Å². The molecule has 0 unspecified atom stereocenters. The van der Waals surface area contributed by atoms with E-state index in [-0.39, 0.29) is 17.6 Å². The van der Waals surface area contributed by atoms with E-state index >= 15 is 0 Å². The number of carbonyl (C=O) groups excluding carboxylic acids is 1. The van der Waals surface area contributed by atoms with Crippen LogP contribution in [0.15, 0.2) is 0 Å². The second-order valence-corrected chi connectivity index (χ2v) is 5.99.